The second kappa shape index (κ2) is 11.2. The molecule has 4 rings (SSSR count). The Morgan fingerprint density at radius 1 is 1.18 bits per heavy atom. The predicted molar refractivity (Wildman–Crippen MR) is 149 cm³/mol. The van der Waals surface area contributed by atoms with Gasteiger partial charge in [0.25, 0.3) is 5.56 Å². The third-order valence-corrected chi connectivity index (χ3v) is 5.84. The lowest BCUT2D eigenvalue weighted by Crippen LogP contribution is -2.32. The molecule has 0 saturated heterocycles. The molecule has 2 heterocycles. The molecule has 2 N–H and O–H groups in total. The van der Waals surface area contributed by atoms with Crippen molar-refractivity contribution in [3.05, 3.63) is 76.0 Å². The van der Waals surface area contributed by atoms with Crippen molar-refractivity contribution in [1.29, 1.82) is 5.26 Å². The van der Waals surface area contributed by atoms with Gasteiger partial charge in [0.15, 0.2) is 0 Å². The van der Waals surface area contributed by atoms with E-state index in [1.807, 2.05) is 43.3 Å². The molecule has 0 aliphatic heterocycles. The number of carbonyl (C=O) groups is 1. The molecule has 1 amide bonds. The summed E-state index contributed by atoms with van der Waals surface area (Å²) in [7, 11) is 1.80. The van der Waals surface area contributed by atoms with E-state index in [9.17, 15) is 14.9 Å². The van der Waals surface area contributed by atoms with E-state index in [0.717, 1.165) is 22.4 Å². The molecule has 0 aliphatic rings. The first-order valence-corrected chi connectivity index (χ1v) is 12.4. The van der Waals surface area contributed by atoms with Gasteiger partial charge in [-0.05, 0) is 81.3 Å². The van der Waals surface area contributed by atoms with Crippen LogP contribution < -0.4 is 15.6 Å². The molecule has 0 bridgehead atoms. The molecule has 39 heavy (non-hydrogen) atoms. The van der Waals surface area contributed by atoms with Crippen molar-refractivity contribution in [1.82, 2.24) is 25.3 Å². The first-order valence-electron chi connectivity index (χ1n) is 12.4. The lowest BCUT2D eigenvalue weighted by Gasteiger charge is -2.19. The number of H-pyrrole nitrogens is 1. The number of aromatic amines is 1. The number of nitrogens with one attached hydrogen (secondary N) is 2. The van der Waals surface area contributed by atoms with Crippen molar-refractivity contribution >= 4 is 28.5 Å². The second-order valence-corrected chi connectivity index (χ2v) is 9.81. The Morgan fingerprint density at radius 2 is 1.92 bits per heavy atom. The third-order valence-electron chi connectivity index (χ3n) is 5.84. The van der Waals surface area contributed by atoms with Crippen LogP contribution in [0.5, 0.6) is 5.75 Å². The van der Waals surface area contributed by atoms with Crippen molar-refractivity contribution in [3.8, 4) is 22.9 Å². The Balaban J connectivity index is 1.72. The second-order valence-electron chi connectivity index (χ2n) is 9.81. The van der Waals surface area contributed by atoms with Crippen molar-refractivity contribution in [2.24, 2.45) is 7.05 Å². The Hall–Kier alpha value is -4.91. The molecule has 0 unspecified atom stereocenters. The van der Waals surface area contributed by atoms with E-state index in [1.165, 1.54) is 0 Å². The molecule has 2 aromatic carbocycles. The molecule has 0 radical (unpaired) electrons. The number of hydrogen-bond donors (Lipinski definition) is 2. The molecule has 0 fully saturated rings. The summed E-state index contributed by atoms with van der Waals surface area (Å²) >= 11 is 0. The van der Waals surface area contributed by atoms with Gasteiger partial charge in [0, 0.05) is 18.0 Å². The molecular formula is C29H30N6O4. The lowest BCUT2D eigenvalue weighted by atomic mass is 9.99. The van der Waals surface area contributed by atoms with Crippen molar-refractivity contribution in [2.75, 3.05) is 6.61 Å². The van der Waals surface area contributed by atoms with Gasteiger partial charge >= 0.3 is 6.09 Å². The van der Waals surface area contributed by atoms with Crippen LogP contribution in [0.3, 0.4) is 0 Å². The highest BCUT2D eigenvalue weighted by Crippen LogP contribution is 2.30. The molecule has 10 heteroatoms. The maximum Gasteiger partial charge on any atom is 0.407 e. The van der Waals surface area contributed by atoms with Crippen LogP contribution in [-0.4, -0.2) is 38.3 Å². The van der Waals surface area contributed by atoms with Crippen LogP contribution >= 0.6 is 0 Å². The van der Waals surface area contributed by atoms with Crippen LogP contribution in [0.1, 0.15) is 44.6 Å². The molecule has 0 aliphatic carbocycles. The van der Waals surface area contributed by atoms with Crippen LogP contribution in [0.2, 0.25) is 0 Å². The van der Waals surface area contributed by atoms with Gasteiger partial charge in [0.2, 0.25) is 0 Å². The summed E-state index contributed by atoms with van der Waals surface area (Å²) < 4.78 is 12.5. The van der Waals surface area contributed by atoms with Gasteiger partial charge in [-0.15, -0.1) is 0 Å². The minimum absolute atomic E-state index is 0.0573. The van der Waals surface area contributed by atoms with Crippen LogP contribution in [0.25, 0.3) is 33.5 Å². The first kappa shape index (κ1) is 27.1. The molecule has 10 nitrogen and oxygen atoms in total. The first-order chi connectivity index (χ1) is 18.6. The van der Waals surface area contributed by atoms with Gasteiger partial charge < -0.3 is 14.8 Å². The fraction of sp³-hybridized carbons (Fsp3) is 0.276. The van der Waals surface area contributed by atoms with Crippen LogP contribution in [0, 0.1) is 11.3 Å². The summed E-state index contributed by atoms with van der Waals surface area (Å²) in [6.45, 7) is 7.87. The normalized spacial score (nSPS) is 11.7. The topological polar surface area (TPSA) is 135 Å². The van der Waals surface area contributed by atoms with Crippen LogP contribution in [0.4, 0.5) is 4.79 Å². The highest BCUT2D eigenvalue weighted by molar-refractivity contribution is 5.94. The molecule has 0 spiro atoms. The summed E-state index contributed by atoms with van der Waals surface area (Å²) in [5.74, 6) is 0.733. The van der Waals surface area contributed by atoms with Gasteiger partial charge in [-0.2, -0.15) is 15.5 Å². The summed E-state index contributed by atoms with van der Waals surface area (Å²) in [6, 6.07) is 15.0. The number of ether oxygens (including phenoxy) is 2. The Kier molecular flexibility index (Phi) is 7.81. The summed E-state index contributed by atoms with van der Waals surface area (Å²) in [4.78, 5) is 24.7. The van der Waals surface area contributed by atoms with E-state index in [2.05, 4.69) is 26.7 Å². The zero-order chi connectivity index (χ0) is 28.2. The minimum atomic E-state index is -0.643. The van der Waals surface area contributed by atoms with Crippen molar-refractivity contribution < 1.29 is 14.3 Å². The van der Waals surface area contributed by atoms with Gasteiger partial charge in [-0.25, -0.2) is 9.89 Å². The highest BCUT2D eigenvalue weighted by atomic mass is 16.6. The fourth-order valence-corrected chi connectivity index (χ4v) is 4.05. The van der Waals surface area contributed by atoms with E-state index in [1.54, 1.807) is 50.8 Å². The average molecular weight is 527 g/mol. The average Bonchev–Trinajstić information content (AvgIpc) is 3.26. The number of aromatic nitrogens is 4. The number of rotatable bonds is 7. The fourth-order valence-electron chi connectivity index (χ4n) is 4.05. The largest absolute Gasteiger partial charge is 0.494 e. The molecular weight excluding hydrogens is 496 g/mol. The van der Waals surface area contributed by atoms with Gasteiger partial charge in [-0.1, -0.05) is 6.07 Å². The number of fused-ring (bicyclic) bond motifs is 1. The number of hydrogen-bond acceptors (Lipinski definition) is 7. The Labute approximate surface area is 225 Å². The molecule has 4 aromatic rings. The molecule has 0 saturated carbocycles. The van der Waals surface area contributed by atoms with E-state index < -0.39 is 11.7 Å². The monoisotopic (exact) mass is 526 g/mol. The van der Waals surface area contributed by atoms with Crippen LogP contribution in [-0.2, 0) is 18.3 Å². The van der Waals surface area contributed by atoms with Gasteiger partial charge in [0.05, 0.1) is 47.8 Å². The Morgan fingerprint density at radius 3 is 2.59 bits per heavy atom. The maximum absolute atomic E-state index is 12.5. The third kappa shape index (κ3) is 6.33. The number of aryl methyl sites for hydroxylation is 1. The Bertz CT molecular complexity index is 1640. The van der Waals surface area contributed by atoms with Gasteiger partial charge in [0.1, 0.15) is 11.4 Å². The van der Waals surface area contributed by atoms with E-state index in [0.29, 0.717) is 34.3 Å². The standard InChI is InChI=1S/C29H30N6O4/c1-6-38-21-10-7-18(8-11-21)20(15-30)14-26-24(16-32-35(26)5)19-9-12-22-23(13-19)25(33-34-27(22)36)17-31-28(37)39-29(2,3)4/h7-14,16H,6,17H2,1-5H3,(H,31,37)(H,34,36)/b20-14+. The SMILES string of the molecule is CCOc1ccc(/C(C#N)=C/c2c(-c3ccc4c(=O)[nH]nc(CNC(=O)OC(C)(C)C)c4c3)cnn2C)cc1. The number of alkyl carbamates (subject to hydrolysis) is 1. The summed E-state index contributed by atoms with van der Waals surface area (Å²) in [5, 5.41) is 24.7. The minimum Gasteiger partial charge on any atom is -0.494 e. The van der Waals surface area contributed by atoms with E-state index in [4.69, 9.17) is 9.47 Å². The predicted octanol–water partition coefficient (Wildman–Crippen LogP) is 4.81. The number of nitriles is 1. The number of allylic oxidation sites excluding steroid dienone is 1. The number of carbonyl (C=O) groups excluding carboxylic acids is 1. The smallest absolute Gasteiger partial charge is 0.407 e. The van der Waals surface area contributed by atoms with E-state index in [-0.39, 0.29) is 12.1 Å². The number of nitrogens with zero attached hydrogens (tertiary/aromatic N) is 4. The molecule has 0 atom stereocenters. The van der Waals surface area contributed by atoms with Crippen molar-refractivity contribution in [2.45, 2.75) is 39.8 Å². The lowest BCUT2D eigenvalue weighted by molar-refractivity contribution is 0.0523. The zero-order valence-corrected chi connectivity index (χ0v) is 22.5. The summed E-state index contributed by atoms with van der Waals surface area (Å²) in [6.07, 6.45) is 2.90. The number of amides is 1. The van der Waals surface area contributed by atoms with Gasteiger partial charge in [-0.3, -0.25) is 9.48 Å². The van der Waals surface area contributed by atoms with E-state index >= 15 is 0 Å². The van der Waals surface area contributed by atoms with Crippen LogP contribution in [0.15, 0.2) is 53.5 Å². The summed E-state index contributed by atoms with van der Waals surface area (Å²) in [5.41, 5.74) is 2.96. The highest BCUT2D eigenvalue weighted by Gasteiger charge is 2.18. The number of benzene rings is 2. The molecule has 2 aromatic heterocycles. The quantitative estimate of drug-likeness (QED) is 0.330. The zero-order valence-electron chi connectivity index (χ0n) is 22.5. The molecule has 200 valence electrons. The maximum atomic E-state index is 12.5. The van der Waals surface area contributed by atoms with Crippen molar-refractivity contribution in [3.63, 3.8) is 0 Å².